The summed E-state index contributed by atoms with van der Waals surface area (Å²) < 4.78 is 12.4. The second-order valence-electron chi connectivity index (χ2n) is 4.25. The Bertz CT molecular complexity index is 308. The zero-order valence-electron chi connectivity index (χ0n) is 10.4. The monoisotopic (exact) mass is 237 g/mol. The van der Waals surface area contributed by atoms with E-state index in [1.807, 2.05) is 30.3 Å². The molecule has 0 amide bonds. The third-order valence-electron chi connectivity index (χ3n) is 2.86. The quantitative estimate of drug-likeness (QED) is 0.638. The molecule has 1 rings (SSSR count). The number of hydrogen-bond donors (Lipinski definition) is 0. The van der Waals surface area contributed by atoms with Gasteiger partial charge in [-0.3, -0.25) is 0 Å². The first-order valence-corrected chi connectivity index (χ1v) is 7.63. The molecule has 0 saturated carbocycles. The van der Waals surface area contributed by atoms with Crippen molar-refractivity contribution in [2.75, 3.05) is 0 Å². The van der Waals surface area contributed by atoms with Crippen LogP contribution < -0.4 is 5.30 Å². The topological polar surface area (TPSA) is 17.1 Å². The maximum Gasteiger partial charge on any atom is 0.379 e. The fourth-order valence-electron chi connectivity index (χ4n) is 1.94. The predicted octanol–water partition coefficient (Wildman–Crippen LogP) is 4.50. The molecule has 2 atom stereocenters. The highest BCUT2D eigenvalue weighted by Crippen LogP contribution is 2.34. The van der Waals surface area contributed by atoms with Crippen LogP contribution in [-0.4, -0.2) is 5.66 Å². The molecule has 2 unspecified atom stereocenters. The van der Waals surface area contributed by atoms with Crippen molar-refractivity contribution in [3.8, 4) is 0 Å². The lowest BCUT2D eigenvalue weighted by molar-refractivity contribution is 0.561. The van der Waals surface area contributed by atoms with E-state index in [-0.39, 0.29) is 0 Å². The summed E-state index contributed by atoms with van der Waals surface area (Å²) in [6.07, 6.45) is 5.71. The Morgan fingerprint density at radius 2 is 1.75 bits per heavy atom. The third kappa shape index (κ3) is 4.06. The van der Waals surface area contributed by atoms with Crippen molar-refractivity contribution < 1.29 is 4.57 Å². The van der Waals surface area contributed by atoms with Gasteiger partial charge in [0.1, 0.15) is 0 Å². The minimum atomic E-state index is -1.21. The lowest BCUT2D eigenvalue weighted by Crippen LogP contribution is -2.09. The molecule has 0 aliphatic rings. The highest BCUT2D eigenvalue weighted by molar-refractivity contribution is 7.54. The standard InChI is InChI=1S/C14H22OP/c1-3-5-10-13(9-4-2)16(15)14-11-7-6-8-12-14/h6-8,11-13H,3-5,9-10H2,1-2H3/q+1. The van der Waals surface area contributed by atoms with Gasteiger partial charge in [-0.25, -0.2) is 0 Å². The van der Waals surface area contributed by atoms with Gasteiger partial charge in [-0.05, 0) is 31.4 Å². The van der Waals surface area contributed by atoms with E-state index >= 15 is 0 Å². The Hall–Kier alpha value is -0.680. The van der Waals surface area contributed by atoms with E-state index in [1.165, 1.54) is 12.8 Å². The highest BCUT2D eigenvalue weighted by Gasteiger charge is 2.30. The third-order valence-corrected chi connectivity index (χ3v) is 4.84. The Kier molecular flexibility index (Phi) is 6.33. The second-order valence-corrected chi connectivity index (χ2v) is 6.14. The van der Waals surface area contributed by atoms with Crippen molar-refractivity contribution in [3.63, 3.8) is 0 Å². The van der Waals surface area contributed by atoms with Gasteiger partial charge in [0.15, 0.2) is 11.0 Å². The first kappa shape index (κ1) is 13.4. The van der Waals surface area contributed by atoms with E-state index in [0.717, 1.165) is 24.6 Å². The van der Waals surface area contributed by atoms with Crippen LogP contribution in [0, 0.1) is 0 Å². The van der Waals surface area contributed by atoms with Gasteiger partial charge in [0, 0.05) is 0 Å². The molecule has 16 heavy (non-hydrogen) atoms. The summed E-state index contributed by atoms with van der Waals surface area (Å²) in [5, 5.41) is 1.02. The van der Waals surface area contributed by atoms with Crippen molar-refractivity contribution in [1.29, 1.82) is 0 Å². The van der Waals surface area contributed by atoms with Gasteiger partial charge < -0.3 is 0 Å². The minimum Gasteiger partial charge on any atom is -0.0678 e. The van der Waals surface area contributed by atoms with Crippen molar-refractivity contribution in [3.05, 3.63) is 30.3 Å². The molecule has 0 fully saturated rings. The van der Waals surface area contributed by atoms with Crippen molar-refractivity contribution in [1.82, 2.24) is 0 Å². The molecule has 0 spiro atoms. The molecule has 0 bridgehead atoms. The van der Waals surface area contributed by atoms with Crippen LogP contribution >= 0.6 is 7.80 Å². The number of unbranched alkanes of at least 4 members (excludes halogenated alkanes) is 1. The Balaban J connectivity index is 2.67. The van der Waals surface area contributed by atoms with Crippen LogP contribution in [0.15, 0.2) is 30.3 Å². The van der Waals surface area contributed by atoms with Crippen LogP contribution in [0.2, 0.25) is 0 Å². The molecule has 0 aliphatic heterocycles. The van der Waals surface area contributed by atoms with Gasteiger partial charge in [0.05, 0.1) is 0 Å². The molecular formula is C14H22OP+. The largest absolute Gasteiger partial charge is 0.379 e. The molecule has 88 valence electrons. The van der Waals surface area contributed by atoms with Crippen LogP contribution in [0.5, 0.6) is 0 Å². The van der Waals surface area contributed by atoms with Crippen LogP contribution in [0.25, 0.3) is 0 Å². The summed E-state index contributed by atoms with van der Waals surface area (Å²) >= 11 is 0. The molecule has 0 heterocycles. The summed E-state index contributed by atoms with van der Waals surface area (Å²) in [5.74, 6) is 0. The predicted molar refractivity (Wildman–Crippen MR) is 71.9 cm³/mol. The molecule has 1 nitrogen and oxygen atoms in total. The van der Waals surface area contributed by atoms with Crippen LogP contribution in [0.4, 0.5) is 0 Å². The summed E-state index contributed by atoms with van der Waals surface area (Å²) in [7, 11) is -1.21. The van der Waals surface area contributed by atoms with Crippen molar-refractivity contribution in [2.24, 2.45) is 0 Å². The van der Waals surface area contributed by atoms with E-state index < -0.39 is 7.80 Å². The van der Waals surface area contributed by atoms with Crippen molar-refractivity contribution in [2.45, 2.75) is 51.6 Å². The van der Waals surface area contributed by atoms with E-state index in [4.69, 9.17) is 0 Å². The van der Waals surface area contributed by atoms with E-state index in [0.29, 0.717) is 5.66 Å². The van der Waals surface area contributed by atoms with Crippen LogP contribution in [0.3, 0.4) is 0 Å². The average Bonchev–Trinajstić information content (AvgIpc) is 2.35. The molecule has 0 aliphatic carbocycles. The Morgan fingerprint density at radius 1 is 1.06 bits per heavy atom. The van der Waals surface area contributed by atoms with Gasteiger partial charge in [0.2, 0.25) is 0 Å². The maximum atomic E-state index is 12.4. The second kappa shape index (κ2) is 7.57. The highest BCUT2D eigenvalue weighted by atomic mass is 31.1. The molecule has 0 saturated heterocycles. The average molecular weight is 237 g/mol. The summed E-state index contributed by atoms with van der Waals surface area (Å²) in [4.78, 5) is 0. The molecule has 2 heteroatoms. The van der Waals surface area contributed by atoms with Gasteiger partial charge in [-0.1, -0.05) is 49.5 Å². The summed E-state index contributed by atoms with van der Waals surface area (Å²) in [6, 6.07) is 9.92. The first-order chi connectivity index (χ1) is 7.79. The van der Waals surface area contributed by atoms with E-state index in [1.54, 1.807) is 0 Å². The van der Waals surface area contributed by atoms with Crippen molar-refractivity contribution >= 4 is 13.1 Å². The zero-order chi connectivity index (χ0) is 11.8. The summed E-state index contributed by atoms with van der Waals surface area (Å²) in [5.41, 5.74) is 0.377. The fraction of sp³-hybridized carbons (Fsp3) is 0.571. The Labute approximate surface area is 100 Å². The van der Waals surface area contributed by atoms with Crippen LogP contribution in [-0.2, 0) is 4.57 Å². The molecular weight excluding hydrogens is 215 g/mol. The molecule has 0 N–H and O–H groups in total. The number of benzene rings is 1. The molecule has 1 aromatic rings. The molecule has 0 radical (unpaired) electrons. The van der Waals surface area contributed by atoms with Gasteiger partial charge >= 0.3 is 7.80 Å². The van der Waals surface area contributed by atoms with E-state index in [2.05, 4.69) is 13.8 Å². The smallest absolute Gasteiger partial charge is 0.0678 e. The first-order valence-electron chi connectivity index (χ1n) is 6.31. The molecule has 0 aromatic heterocycles. The molecule has 1 aromatic carbocycles. The zero-order valence-corrected chi connectivity index (χ0v) is 11.2. The lowest BCUT2D eigenvalue weighted by atomic mass is 10.1. The summed E-state index contributed by atoms with van der Waals surface area (Å²) in [6.45, 7) is 4.37. The number of hydrogen-bond acceptors (Lipinski definition) is 1. The van der Waals surface area contributed by atoms with Gasteiger partial charge in [-0.2, -0.15) is 0 Å². The van der Waals surface area contributed by atoms with E-state index in [9.17, 15) is 4.57 Å². The van der Waals surface area contributed by atoms with Crippen LogP contribution in [0.1, 0.15) is 46.0 Å². The SMILES string of the molecule is CCCCC(CCC)[P+](=O)c1ccccc1. The Morgan fingerprint density at radius 3 is 2.31 bits per heavy atom. The maximum absolute atomic E-state index is 12.4. The van der Waals surface area contributed by atoms with Gasteiger partial charge in [-0.15, -0.1) is 0 Å². The lowest BCUT2D eigenvalue weighted by Gasteiger charge is -2.04. The van der Waals surface area contributed by atoms with Gasteiger partial charge in [0.25, 0.3) is 0 Å². The normalized spacial score (nSPS) is 13.5. The minimum absolute atomic E-state index is 0.377. The fourth-order valence-corrected chi connectivity index (χ4v) is 3.73. The number of rotatable bonds is 7.